The van der Waals surface area contributed by atoms with Gasteiger partial charge >= 0.3 is 5.97 Å². The van der Waals surface area contributed by atoms with E-state index < -0.39 is 12.0 Å². The summed E-state index contributed by atoms with van der Waals surface area (Å²) in [5.74, 6) is -0.170. The standard InChI is InChI=1S/C11H12N4O3/c1-17-11(16)8(12)5-18-10-7-2-3-13-4-9(7)14-6-15-10/h2-4,6,8H,5,12H2,1H3. The lowest BCUT2D eigenvalue weighted by Gasteiger charge is -2.11. The third kappa shape index (κ3) is 2.51. The van der Waals surface area contributed by atoms with E-state index in [2.05, 4.69) is 19.7 Å². The van der Waals surface area contributed by atoms with Crippen LogP contribution in [0.15, 0.2) is 24.8 Å². The number of fused-ring (bicyclic) bond motifs is 1. The molecule has 94 valence electrons. The molecule has 2 heterocycles. The second kappa shape index (κ2) is 5.37. The highest BCUT2D eigenvalue weighted by Gasteiger charge is 2.15. The predicted octanol–water partition coefficient (Wildman–Crippen LogP) is -0.0961. The maximum atomic E-state index is 11.1. The number of nitrogens with zero attached hydrogens (tertiary/aromatic N) is 3. The van der Waals surface area contributed by atoms with Crippen molar-refractivity contribution in [2.45, 2.75) is 6.04 Å². The van der Waals surface area contributed by atoms with Crippen LogP contribution < -0.4 is 10.5 Å². The third-order valence-corrected chi connectivity index (χ3v) is 2.31. The minimum Gasteiger partial charge on any atom is -0.475 e. The average molecular weight is 248 g/mol. The average Bonchev–Trinajstić information content (AvgIpc) is 2.43. The Labute approximate surface area is 103 Å². The largest absolute Gasteiger partial charge is 0.475 e. The van der Waals surface area contributed by atoms with Crippen molar-refractivity contribution in [1.29, 1.82) is 0 Å². The lowest BCUT2D eigenvalue weighted by Crippen LogP contribution is -2.37. The number of carbonyl (C=O) groups excluding carboxylic acids is 1. The molecule has 2 N–H and O–H groups in total. The number of rotatable bonds is 4. The van der Waals surface area contributed by atoms with E-state index in [9.17, 15) is 4.79 Å². The van der Waals surface area contributed by atoms with E-state index in [0.29, 0.717) is 16.8 Å². The smallest absolute Gasteiger partial charge is 0.326 e. The SMILES string of the molecule is COC(=O)C(N)COc1ncnc2cnccc12. The summed E-state index contributed by atoms with van der Waals surface area (Å²) < 4.78 is 9.90. The highest BCUT2D eigenvalue weighted by atomic mass is 16.5. The number of hydrogen-bond donors (Lipinski definition) is 1. The monoisotopic (exact) mass is 248 g/mol. The molecule has 2 aromatic heterocycles. The Bertz CT molecular complexity index is 555. The Hall–Kier alpha value is -2.28. The molecular formula is C11H12N4O3. The zero-order valence-corrected chi connectivity index (χ0v) is 9.74. The summed E-state index contributed by atoms with van der Waals surface area (Å²) in [5.41, 5.74) is 6.23. The van der Waals surface area contributed by atoms with Gasteiger partial charge in [0.05, 0.1) is 24.2 Å². The van der Waals surface area contributed by atoms with E-state index in [4.69, 9.17) is 10.5 Å². The number of pyridine rings is 1. The van der Waals surface area contributed by atoms with Crippen molar-refractivity contribution in [2.75, 3.05) is 13.7 Å². The Morgan fingerprint density at radius 3 is 3.11 bits per heavy atom. The number of esters is 1. The van der Waals surface area contributed by atoms with Gasteiger partial charge in [-0.15, -0.1) is 0 Å². The van der Waals surface area contributed by atoms with Crippen molar-refractivity contribution in [3.8, 4) is 5.88 Å². The summed E-state index contributed by atoms with van der Waals surface area (Å²) in [6, 6.07) is 0.885. The van der Waals surface area contributed by atoms with Gasteiger partial charge in [-0.2, -0.15) is 0 Å². The lowest BCUT2D eigenvalue weighted by atomic mass is 10.3. The molecule has 18 heavy (non-hydrogen) atoms. The minimum absolute atomic E-state index is 0.0128. The summed E-state index contributed by atoms with van der Waals surface area (Å²) in [6.07, 6.45) is 4.58. The molecule has 7 nitrogen and oxygen atoms in total. The first-order chi connectivity index (χ1) is 8.72. The highest BCUT2D eigenvalue weighted by molar-refractivity contribution is 5.82. The van der Waals surface area contributed by atoms with Gasteiger partial charge < -0.3 is 15.2 Å². The first kappa shape index (κ1) is 12.2. The summed E-state index contributed by atoms with van der Waals surface area (Å²) in [4.78, 5) is 23.1. The fourth-order valence-electron chi connectivity index (χ4n) is 1.39. The Kier molecular flexibility index (Phi) is 3.63. The molecule has 1 atom stereocenters. The normalized spacial score (nSPS) is 12.1. The summed E-state index contributed by atoms with van der Waals surface area (Å²) in [6.45, 7) is -0.0128. The highest BCUT2D eigenvalue weighted by Crippen LogP contribution is 2.19. The molecule has 0 aliphatic carbocycles. The fraction of sp³-hybridized carbons (Fsp3) is 0.273. The van der Waals surface area contributed by atoms with Gasteiger partial charge in [0.15, 0.2) is 0 Å². The van der Waals surface area contributed by atoms with Gasteiger partial charge in [0.2, 0.25) is 5.88 Å². The molecule has 0 aliphatic heterocycles. The van der Waals surface area contributed by atoms with Crippen LogP contribution in [0.4, 0.5) is 0 Å². The molecule has 0 aliphatic rings. The van der Waals surface area contributed by atoms with Crippen LogP contribution in [-0.4, -0.2) is 40.7 Å². The van der Waals surface area contributed by atoms with Gasteiger partial charge in [-0.05, 0) is 6.07 Å². The van der Waals surface area contributed by atoms with Gasteiger partial charge in [0.1, 0.15) is 19.0 Å². The number of carbonyl (C=O) groups is 1. The molecule has 2 aromatic rings. The van der Waals surface area contributed by atoms with E-state index in [-0.39, 0.29) is 6.61 Å². The van der Waals surface area contributed by atoms with Crippen LogP contribution in [0.2, 0.25) is 0 Å². The molecule has 0 spiro atoms. The van der Waals surface area contributed by atoms with Crippen LogP contribution in [0.25, 0.3) is 10.9 Å². The van der Waals surface area contributed by atoms with Crippen molar-refractivity contribution in [3.63, 3.8) is 0 Å². The van der Waals surface area contributed by atoms with E-state index in [0.717, 1.165) is 0 Å². The van der Waals surface area contributed by atoms with Crippen molar-refractivity contribution < 1.29 is 14.3 Å². The summed E-state index contributed by atoms with van der Waals surface area (Å²) in [7, 11) is 1.27. The van der Waals surface area contributed by atoms with Crippen LogP contribution in [0.3, 0.4) is 0 Å². The Morgan fingerprint density at radius 1 is 1.50 bits per heavy atom. The fourth-order valence-corrected chi connectivity index (χ4v) is 1.39. The number of ether oxygens (including phenoxy) is 2. The van der Waals surface area contributed by atoms with Crippen LogP contribution in [-0.2, 0) is 9.53 Å². The molecule has 2 rings (SSSR count). The number of methoxy groups -OCH3 is 1. The lowest BCUT2D eigenvalue weighted by molar-refractivity contribution is -0.142. The topological polar surface area (TPSA) is 100 Å². The van der Waals surface area contributed by atoms with Crippen molar-refractivity contribution in [2.24, 2.45) is 5.73 Å². The molecule has 0 bridgehead atoms. The molecule has 0 saturated heterocycles. The number of hydrogen-bond acceptors (Lipinski definition) is 7. The van der Waals surface area contributed by atoms with Crippen molar-refractivity contribution in [1.82, 2.24) is 15.0 Å². The number of nitrogens with two attached hydrogens (primary N) is 1. The zero-order chi connectivity index (χ0) is 13.0. The molecule has 0 aromatic carbocycles. The second-order valence-corrected chi connectivity index (χ2v) is 3.51. The summed E-state index contributed by atoms with van der Waals surface area (Å²) in [5, 5.41) is 0.713. The molecule has 7 heteroatoms. The Morgan fingerprint density at radius 2 is 2.33 bits per heavy atom. The summed E-state index contributed by atoms with van der Waals surface area (Å²) >= 11 is 0. The molecule has 0 fully saturated rings. The van der Waals surface area contributed by atoms with Crippen molar-refractivity contribution >= 4 is 16.9 Å². The zero-order valence-electron chi connectivity index (χ0n) is 9.74. The van der Waals surface area contributed by atoms with E-state index in [1.807, 2.05) is 0 Å². The van der Waals surface area contributed by atoms with Gasteiger partial charge in [0.25, 0.3) is 0 Å². The Balaban J connectivity index is 2.15. The van der Waals surface area contributed by atoms with Crippen molar-refractivity contribution in [3.05, 3.63) is 24.8 Å². The maximum Gasteiger partial charge on any atom is 0.326 e. The third-order valence-electron chi connectivity index (χ3n) is 2.31. The van der Waals surface area contributed by atoms with Gasteiger partial charge in [-0.3, -0.25) is 9.78 Å². The maximum absolute atomic E-state index is 11.1. The molecule has 0 amide bonds. The predicted molar refractivity (Wildman–Crippen MR) is 62.8 cm³/mol. The molecule has 1 unspecified atom stereocenters. The minimum atomic E-state index is -0.846. The van der Waals surface area contributed by atoms with Crippen LogP contribution >= 0.6 is 0 Å². The van der Waals surface area contributed by atoms with Crippen LogP contribution in [0.1, 0.15) is 0 Å². The molecule has 0 radical (unpaired) electrons. The number of aromatic nitrogens is 3. The second-order valence-electron chi connectivity index (χ2n) is 3.51. The molecular weight excluding hydrogens is 236 g/mol. The first-order valence-corrected chi connectivity index (χ1v) is 5.23. The molecule has 0 saturated carbocycles. The van der Waals surface area contributed by atoms with Gasteiger partial charge in [-0.1, -0.05) is 0 Å². The van der Waals surface area contributed by atoms with Gasteiger partial charge in [0, 0.05) is 6.20 Å². The van der Waals surface area contributed by atoms with E-state index in [1.165, 1.54) is 13.4 Å². The van der Waals surface area contributed by atoms with E-state index in [1.54, 1.807) is 18.5 Å². The van der Waals surface area contributed by atoms with Crippen LogP contribution in [0, 0.1) is 0 Å². The first-order valence-electron chi connectivity index (χ1n) is 5.23. The van der Waals surface area contributed by atoms with Gasteiger partial charge in [-0.25, -0.2) is 9.97 Å². The quantitative estimate of drug-likeness (QED) is 0.754. The van der Waals surface area contributed by atoms with E-state index >= 15 is 0 Å². The van der Waals surface area contributed by atoms with Crippen LogP contribution in [0.5, 0.6) is 5.88 Å².